The Balaban J connectivity index is 1.76. The van der Waals surface area contributed by atoms with E-state index in [2.05, 4.69) is 17.6 Å². The predicted octanol–water partition coefficient (Wildman–Crippen LogP) is 3.82. The molecule has 14 heteroatoms. The van der Waals surface area contributed by atoms with Crippen molar-refractivity contribution in [1.29, 1.82) is 0 Å². The number of alkyl carbamates (subject to hydrolysis) is 1. The minimum atomic E-state index is -1.78. The van der Waals surface area contributed by atoms with Gasteiger partial charge in [0.1, 0.15) is 18.3 Å². The first-order valence-electron chi connectivity index (χ1n) is 17.1. The number of cyclic esters (lactones) is 1. The van der Waals surface area contributed by atoms with Gasteiger partial charge >= 0.3 is 18.0 Å². The molecule has 0 aliphatic carbocycles. The minimum Gasteiger partial charge on any atom is -0.465 e. The topological polar surface area (TPSA) is 188 Å². The molecule has 3 aliphatic heterocycles. The molecule has 2 N–H and O–H groups in total. The number of ketones is 1. The number of ether oxygens (including phenoxy) is 6. The van der Waals surface area contributed by atoms with Crippen LogP contribution in [0.1, 0.15) is 85.5 Å². The Kier molecular flexibility index (Phi) is 16.0. The lowest BCUT2D eigenvalue weighted by molar-refractivity contribution is -0.151. The molecular weight excluding hydrogens is 652 g/mol. The van der Waals surface area contributed by atoms with E-state index in [9.17, 15) is 28.8 Å². The number of carbonyl (C=O) groups is 6. The zero-order valence-electron chi connectivity index (χ0n) is 29.5. The van der Waals surface area contributed by atoms with Crippen LogP contribution in [0, 0.1) is 0 Å². The number of rotatable bonds is 14. The van der Waals surface area contributed by atoms with Gasteiger partial charge in [-0.1, -0.05) is 62.5 Å². The number of amides is 3. The third-order valence-corrected chi connectivity index (χ3v) is 8.31. The molecule has 0 saturated carbocycles. The monoisotopic (exact) mass is 702 g/mol. The molecule has 1 unspecified atom stereocenters. The molecule has 3 rings (SSSR count). The summed E-state index contributed by atoms with van der Waals surface area (Å²) in [5.74, 6) is -2.77. The summed E-state index contributed by atoms with van der Waals surface area (Å²) in [5.41, 5.74) is -1.10. The van der Waals surface area contributed by atoms with Gasteiger partial charge in [-0.2, -0.15) is 0 Å². The third-order valence-electron chi connectivity index (χ3n) is 8.31. The van der Waals surface area contributed by atoms with Crippen LogP contribution in [-0.4, -0.2) is 91.7 Å². The standard InChI is InChI=1S/C36H50N2O12/c1-6-7-8-9-10-16-29(42)46-21-14-12-15-26-31(47-26)33-34(50-35(44)37-25(4)40)32-27(48-32)19-18-23(2)22-28(41)38-36(45-5,24(3)39)20-13-11-17-30(43)49-33/h11-13,15,17,20,22,26-27,31-34H,6-10,14,16,18-19,21H2,1-5H3,(H,38,41)(H,37,40,44)/b15-12+,17-11-,20-13+,23-22-/t26-,27+,31-,32-,33-,34+,36?/m0/s1. The molecular formula is C36H50N2O12. The van der Waals surface area contributed by atoms with Crippen molar-refractivity contribution in [2.45, 2.75) is 128 Å². The van der Waals surface area contributed by atoms with Gasteiger partial charge in [-0.3, -0.25) is 24.5 Å². The van der Waals surface area contributed by atoms with E-state index in [0.29, 0.717) is 31.3 Å². The van der Waals surface area contributed by atoms with Gasteiger partial charge < -0.3 is 33.7 Å². The van der Waals surface area contributed by atoms with Crippen molar-refractivity contribution in [3.63, 3.8) is 0 Å². The first-order valence-corrected chi connectivity index (χ1v) is 17.1. The summed E-state index contributed by atoms with van der Waals surface area (Å²) in [7, 11) is 1.27. The van der Waals surface area contributed by atoms with E-state index in [0.717, 1.165) is 45.1 Å². The zero-order valence-corrected chi connectivity index (χ0v) is 29.5. The number of allylic oxidation sites excluding steroid dienone is 3. The summed E-state index contributed by atoms with van der Waals surface area (Å²) in [6.07, 6.45) is 11.0. The first kappa shape index (κ1) is 40.3. The maximum atomic E-state index is 13.1. The molecule has 0 aromatic heterocycles. The van der Waals surface area contributed by atoms with Gasteiger partial charge in [-0.25, -0.2) is 9.59 Å². The summed E-state index contributed by atoms with van der Waals surface area (Å²) in [6, 6.07) is 0. The lowest BCUT2D eigenvalue weighted by Gasteiger charge is -2.27. The molecule has 14 nitrogen and oxygen atoms in total. The van der Waals surface area contributed by atoms with Crippen LogP contribution in [0.3, 0.4) is 0 Å². The van der Waals surface area contributed by atoms with Gasteiger partial charge in [0.15, 0.2) is 18.0 Å². The van der Waals surface area contributed by atoms with Crippen molar-refractivity contribution < 1.29 is 57.2 Å². The first-order chi connectivity index (χ1) is 23.9. The molecule has 3 heterocycles. The van der Waals surface area contributed by atoms with Gasteiger partial charge in [0.25, 0.3) is 0 Å². The van der Waals surface area contributed by atoms with Crippen LogP contribution in [0.2, 0.25) is 0 Å². The average Bonchev–Trinajstić information content (AvgIpc) is 3.98. The number of fused-ring (bicyclic) bond motifs is 1. The maximum Gasteiger partial charge on any atom is 0.414 e. The zero-order chi connectivity index (χ0) is 36.7. The summed E-state index contributed by atoms with van der Waals surface area (Å²) >= 11 is 0. The number of hydrogen-bond donors (Lipinski definition) is 2. The molecule has 3 amide bonds. The predicted molar refractivity (Wildman–Crippen MR) is 179 cm³/mol. The minimum absolute atomic E-state index is 0.204. The number of hydrogen-bond acceptors (Lipinski definition) is 12. The van der Waals surface area contributed by atoms with Crippen molar-refractivity contribution in [3.8, 4) is 0 Å². The quantitative estimate of drug-likeness (QED) is 0.0877. The molecule has 7 atom stereocenters. The van der Waals surface area contributed by atoms with Crippen LogP contribution in [0.5, 0.6) is 0 Å². The Morgan fingerprint density at radius 3 is 2.50 bits per heavy atom. The molecule has 2 fully saturated rings. The fraction of sp³-hybridized carbons (Fsp3) is 0.611. The van der Waals surface area contributed by atoms with E-state index in [-0.39, 0.29) is 12.6 Å². The third kappa shape index (κ3) is 13.3. The van der Waals surface area contributed by atoms with Crippen LogP contribution < -0.4 is 10.6 Å². The summed E-state index contributed by atoms with van der Waals surface area (Å²) in [4.78, 5) is 74.5. The maximum absolute atomic E-state index is 13.1. The fourth-order valence-electron chi connectivity index (χ4n) is 5.48. The highest BCUT2D eigenvalue weighted by molar-refractivity contribution is 5.96. The smallest absolute Gasteiger partial charge is 0.414 e. The second-order valence-corrected chi connectivity index (χ2v) is 12.5. The number of carbonyl (C=O) groups excluding carboxylic acids is 6. The van der Waals surface area contributed by atoms with Gasteiger partial charge in [-0.15, -0.1) is 0 Å². The number of epoxide rings is 2. The second kappa shape index (κ2) is 19.9. The number of methoxy groups -OCH3 is 1. The summed E-state index contributed by atoms with van der Waals surface area (Å²) in [5, 5.41) is 4.63. The molecule has 0 radical (unpaired) electrons. The van der Waals surface area contributed by atoms with Crippen molar-refractivity contribution in [3.05, 3.63) is 48.1 Å². The lowest BCUT2D eigenvalue weighted by Crippen LogP contribution is -2.53. The highest BCUT2D eigenvalue weighted by Gasteiger charge is 2.58. The SMILES string of the molecule is CCCCCCCC(=O)OCC/C=C/[C@@H]1O[C@@H]1[C@@H]1OC(=O)/C=C\C=C\C(OC)(C(C)=O)NC(=O)/C=C(/C)CC[C@H]2O[C@@H]2[C@H]1OC(=O)NC(C)=O. The Hall–Kier alpha value is -4.14. The van der Waals surface area contributed by atoms with E-state index in [1.807, 2.05) is 0 Å². The summed E-state index contributed by atoms with van der Waals surface area (Å²) < 4.78 is 33.8. The van der Waals surface area contributed by atoms with Gasteiger partial charge in [0, 0.05) is 32.6 Å². The van der Waals surface area contributed by atoms with Gasteiger partial charge in [0.2, 0.25) is 17.5 Å². The normalized spacial score (nSPS) is 30.7. The Labute approximate surface area is 292 Å². The largest absolute Gasteiger partial charge is 0.465 e. The second-order valence-electron chi connectivity index (χ2n) is 12.5. The number of esters is 2. The molecule has 0 aromatic carbocycles. The van der Waals surface area contributed by atoms with Crippen molar-refractivity contribution >= 4 is 35.6 Å². The Morgan fingerprint density at radius 2 is 1.80 bits per heavy atom. The molecule has 0 bridgehead atoms. The van der Waals surface area contributed by atoms with Crippen molar-refractivity contribution in [2.75, 3.05) is 13.7 Å². The Bertz CT molecular complexity index is 1350. The number of unbranched alkanes of at least 4 members (excludes halogenated alkanes) is 4. The van der Waals surface area contributed by atoms with Crippen LogP contribution >= 0.6 is 0 Å². The van der Waals surface area contributed by atoms with Crippen molar-refractivity contribution in [2.24, 2.45) is 0 Å². The molecule has 3 aliphatic rings. The van der Waals surface area contributed by atoms with Gasteiger partial charge in [-0.05, 0) is 45.6 Å². The van der Waals surface area contributed by atoms with E-state index in [4.69, 9.17) is 28.4 Å². The Morgan fingerprint density at radius 1 is 1.04 bits per heavy atom. The van der Waals surface area contributed by atoms with Gasteiger partial charge in [0.05, 0.1) is 12.7 Å². The van der Waals surface area contributed by atoms with Crippen LogP contribution in [-0.2, 0) is 52.4 Å². The fourth-order valence-corrected chi connectivity index (χ4v) is 5.48. The number of Topliss-reactive ketones (excluding diaryl/α,β-unsaturated/α-hetero) is 1. The average molecular weight is 703 g/mol. The number of nitrogens with one attached hydrogen (secondary N) is 2. The van der Waals surface area contributed by atoms with E-state index >= 15 is 0 Å². The van der Waals surface area contributed by atoms with Crippen LogP contribution in [0.4, 0.5) is 4.79 Å². The van der Waals surface area contributed by atoms with Crippen LogP contribution in [0.25, 0.3) is 0 Å². The molecule has 0 spiro atoms. The molecule has 50 heavy (non-hydrogen) atoms. The van der Waals surface area contributed by atoms with Crippen molar-refractivity contribution in [1.82, 2.24) is 10.6 Å². The van der Waals surface area contributed by atoms with E-state index in [1.54, 1.807) is 19.1 Å². The van der Waals surface area contributed by atoms with E-state index < -0.39 is 72.0 Å². The summed E-state index contributed by atoms with van der Waals surface area (Å²) in [6.45, 7) is 6.49. The molecule has 2 saturated heterocycles. The van der Waals surface area contributed by atoms with E-state index in [1.165, 1.54) is 38.3 Å². The molecule has 276 valence electrons. The van der Waals surface area contributed by atoms with Crippen LogP contribution in [0.15, 0.2) is 48.1 Å². The highest BCUT2D eigenvalue weighted by Crippen LogP contribution is 2.39. The highest BCUT2D eigenvalue weighted by atomic mass is 16.7. The lowest BCUT2D eigenvalue weighted by atomic mass is 10.00. The number of imide groups is 1. The molecule has 0 aromatic rings.